The van der Waals surface area contributed by atoms with E-state index in [0.717, 1.165) is 12.8 Å². The zero-order chi connectivity index (χ0) is 22.3. The summed E-state index contributed by atoms with van der Waals surface area (Å²) in [6, 6.07) is 18.4. The summed E-state index contributed by atoms with van der Waals surface area (Å²) in [6.07, 6.45) is 3.46. The first kappa shape index (κ1) is 19.2. The Balaban J connectivity index is 1.73. The minimum Gasteiger partial charge on any atom is -0.502 e. The first-order valence-electron chi connectivity index (χ1n) is 11.1. The number of benzene rings is 2. The Morgan fingerprint density at radius 2 is 1.53 bits per heavy atom. The second kappa shape index (κ2) is 6.25. The van der Waals surface area contributed by atoms with E-state index in [1.54, 1.807) is 15.8 Å². The Labute approximate surface area is 186 Å². The molecule has 32 heavy (non-hydrogen) atoms. The largest absolute Gasteiger partial charge is 0.502 e. The smallest absolute Gasteiger partial charge is 0.277 e. The molecule has 6 nitrogen and oxygen atoms in total. The van der Waals surface area contributed by atoms with E-state index in [1.807, 2.05) is 6.92 Å². The molecule has 1 aromatic heterocycles. The Morgan fingerprint density at radius 1 is 0.938 bits per heavy atom. The minimum atomic E-state index is -0.540. The summed E-state index contributed by atoms with van der Waals surface area (Å²) >= 11 is 0. The summed E-state index contributed by atoms with van der Waals surface area (Å²) in [5.74, 6) is -0.814. The number of carbonyl (C=O) groups is 1. The Hall–Kier alpha value is -3.54. The molecule has 1 aliphatic heterocycles. The highest BCUT2D eigenvalue weighted by molar-refractivity contribution is 5.96. The van der Waals surface area contributed by atoms with Crippen LogP contribution < -0.4 is 10.4 Å². The van der Waals surface area contributed by atoms with Crippen LogP contribution in [-0.4, -0.2) is 33.8 Å². The number of hydrogen-bond acceptors (Lipinski definition) is 4. The monoisotopic (exact) mass is 427 g/mol. The molecule has 6 heteroatoms. The van der Waals surface area contributed by atoms with Gasteiger partial charge < -0.3 is 10.0 Å². The number of aromatic nitrogens is 1. The summed E-state index contributed by atoms with van der Waals surface area (Å²) in [5, 5.41) is 12.9. The zero-order valence-electron chi connectivity index (χ0n) is 18.2. The molecule has 0 saturated heterocycles. The third kappa shape index (κ3) is 2.10. The van der Waals surface area contributed by atoms with E-state index in [-0.39, 0.29) is 17.0 Å². The molecule has 3 aromatic rings. The van der Waals surface area contributed by atoms with Crippen molar-refractivity contribution in [1.29, 1.82) is 0 Å². The standard InChI is InChI=1S/C26H25N3O3/c1-3-27-16-29(28-13-12-21(30)23(31)22(28)24(27)32)26-19-10-6-4-8-17(19)14-25(26,2)15-18-9-5-7-11-20(18)26/h4-13,31H,3,14-16H2,1-2H3. The maximum atomic E-state index is 13.2. The third-order valence-electron chi connectivity index (χ3n) is 7.73. The molecule has 1 N–H and O–H groups in total. The van der Waals surface area contributed by atoms with E-state index in [1.165, 1.54) is 28.3 Å². The van der Waals surface area contributed by atoms with Crippen LogP contribution in [0.3, 0.4) is 0 Å². The molecular weight excluding hydrogens is 402 g/mol. The summed E-state index contributed by atoms with van der Waals surface area (Å²) in [6.45, 7) is 5.09. The lowest BCUT2D eigenvalue weighted by molar-refractivity contribution is 0.0619. The van der Waals surface area contributed by atoms with E-state index in [4.69, 9.17) is 0 Å². The van der Waals surface area contributed by atoms with Crippen LogP contribution in [0.4, 0.5) is 0 Å². The highest BCUT2D eigenvalue weighted by atomic mass is 16.3. The van der Waals surface area contributed by atoms with Crippen molar-refractivity contribution in [2.24, 2.45) is 5.41 Å². The number of pyridine rings is 1. The van der Waals surface area contributed by atoms with Crippen molar-refractivity contribution in [3.8, 4) is 5.75 Å². The van der Waals surface area contributed by atoms with Gasteiger partial charge in [-0.15, -0.1) is 0 Å². The highest BCUT2D eigenvalue weighted by Crippen LogP contribution is 2.63. The van der Waals surface area contributed by atoms with E-state index in [9.17, 15) is 14.7 Å². The third-order valence-corrected chi connectivity index (χ3v) is 7.73. The number of amides is 1. The number of aromatic hydroxyl groups is 1. The molecule has 0 saturated carbocycles. The molecule has 2 aliphatic carbocycles. The van der Waals surface area contributed by atoms with Crippen LogP contribution >= 0.6 is 0 Å². The summed E-state index contributed by atoms with van der Waals surface area (Å²) in [5.41, 5.74) is 3.86. The van der Waals surface area contributed by atoms with Gasteiger partial charge in [-0.3, -0.25) is 19.3 Å². The predicted octanol–water partition coefficient (Wildman–Crippen LogP) is 2.99. The number of fused-ring (bicyclic) bond motifs is 6. The van der Waals surface area contributed by atoms with Gasteiger partial charge in [0.05, 0.1) is 0 Å². The SMILES string of the molecule is CCN1CN(C23c4ccccc4CC2(C)Cc2ccccc23)n2ccc(=O)c(O)c2C1=O. The highest BCUT2D eigenvalue weighted by Gasteiger charge is 2.64. The van der Waals surface area contributed by atoms with Gasteiger partial charge in [-0.05, 0) is 42.0 Å². The first-order valence-corrected chi connectivity index (χ1v) is 11.1. The fraction of sp³-hybridized carbons (Fsp3) is 0.308. The lowest BCUT2D eigenvalue weighted by Crippen LogP contribution is -2.65. The molecule has 6 rings (SSSR count). The molecule has 0 unspecified atom stereocenters. The van der Waals surface area contributed by atoms with Crippen LogP contribution in [-0.2, 0) is 18.4 Å². The van der Waals surface area contributed by atoms with Crippen LogP contribution in [0.5, 0.6) is 5.75 Å². The molecule has 0 fully saturated rings. The van der Waals surface area contributed by atoms with Crippen molar-refractivity contribution in [2.75, 3.05) is 18.2 Å². The van der Waals surface area contributed by atoms with Crippen LogP contribution in [0.25, 0.3) is 0 Å². The first-order chi connectivity index (χ1) is 15.4. The molecule has 0 atom stereocenters. The van der Waals surface area contributed by atoms with Gasteiger partial charge in [0.1, 0.15) is 12.2 Å². The summed E-state index contributed by atoms with van der Waals surface area (Å²) < 4.78 is 1.73. The molecule has 2 heterocycles. The minimum absolute atomic E-state index is 0.0380. The van der Waals surface area contributed by atoms with Crippen molar-refractivity contribution in [1.82, 2.24) is 9.58 Å². The van der Waals surface area contributed by atoms with Crippen LogP contribution in [0, 0.1) is 5.41 Å². The molecule has 0 radical (unpaired) electrons. The van der Waals surface area contributed by atoms with Crippen molar-refractivity contribution in [3.05, 3.63) is 99.0 Å². The van der Waals surface area contributed by atoms with E-state index < -0.39 is 16.7 Å². The van der Waals surface area contributed by atoms with Gasteiger partial charge in [-0.1, -0.05) is 55.5 Å². The quantitative estimate of drug-likeness (QED) is 0.683. The fourth-order valence-corrected chi connectivity index (χ4v) is 6.47. The van der Waals surface area contributed by atoms with Gasteiger partial charge in [0.25, 0.3) is 5.91 Å². The lowest BCUT2D eigenvalue weighted by Gasteiger charge is -2.53. The van der Waals surface area contributed by atoms with Crippen LogP contribution in [0.1, 0.15) is 46.6 Å². The maximum Gasteiger partial charge on any atom is 0.277 e. The Kier molecular flexibility index (Phi) is 3.74. The van der Waals surface area contributed by atoms with Crippen LogP contribution in [0.2, 0.25) is 0 Å². The van der Waals surface area contributed by atoms with Crippen molar-refractivity contribution in [3.63, 3.8) is 0 Å². The number of rotatable bonds is 2. The second-order valence-corrected chi connectivity index (χ2v) is 9.36. The number of hydrogen-bond donors (Lipinski definition) is 1. The normalized spacial score (nSPS) is 25.4. The molecule has 0 bridgehead atoms. The average molecular weight is 428 g/mol. The number of carbonyl (C=O) groups excluding carboxylic acids is 1. The van der Waals surface area contributed by atoms with E-state index >= 15 is 0 Å². The summed E-state index contributed by atoms with van der Waals surface area (Å²) in [4.78, 5) is 27.2. The van der Waals surface area contributed by atoms with Crippen molar-refractivity contribution in [2.45, 2.75) is 32.2 Å². The second-order valence-electron chi connectivity index (χ2n) is 9.36. The van der Waals surface area contributed by atoms with E-state index in [2.05, 4.69) is 60.5 Å². The number of nitrogens with zero attached hydrogens (tertiary/aromatic N) is 3. The van der Waals surface area contributed by atoms with Gasteiger partial charge in [-0.25, -0.2) is 0 Å². The lowest BCUT2D eigenvalue weighted by atomic mass is 9.71. The topological polar surface area (TPSA) is 65.8 Å². The summed E-state index contributed by atoms with van der Waals surface area (Å²) in [7, 11) is 0. The van der Waals surface area contributed by atoms with Gasteiger partial charge in [0.2, 0.25) is 5.43 Å². The van der Waals surface area contributed by atoms with Gasteiger partial charge in [0, 0.05) is 24.2 Å². The van der Waals surface area contributed by atoms with Gasteiger partial charge in [0.15, 0.2) is 11.4 Å². The maximum absolute atomic E-state index is 13.2. The fourth-order valence-electron chi connectivity index (χ4n) is 6.47. The molecule has 162 valence electrons. The predicted molar refractivity (Wildman–Crippen MR) is 121 cm³/mol. The molecule has 2 aromatic carbocycles. The Bertz CT molecular complexity index is 1290. The van der Waals surface area contributed by atoms with Crippen LogP contribution in [0.15, 0.2) is 65.6 Å². The van der Waals surface area contributed by atoms with E-state index in [0.29, 0.717) is 13.2 Å². The Morgan fingerprint density at radius 3 is 2.12 bits per heavy atom. The molecule has 3 aliphatic rings. The molecule has 0 spiro atoms. The average Bonchev–Trinajstić information content (AvgIpc) is 3.19. The van der Waals surface area contributed by atoms with Crippen molar-refractivity contribution < 1.29 is 9.90 Å². The zero-order valence-corrected chi connectivity index (χ0v) is 18.2. The van der Waals surface area contributed by atoms with Gasteiger partial charge >= 0.3 is 0 Å². The van der Waals surface area contributed by atoms with Crippen molar-refractivity contribution >= 4 is 5.91 Å². The molecular formula is C26H25N3O3. The molecule has 1 amide bonds. The van der Waals surface area contributed by atoms with Gasteiger partial charge in [-0.2, -0.15) is 0 Å².